The van der Waals surface area contributed by atoms with Crippen molar-refractivity contribution < 1.29 is 9.53 Å². The molecule has 0 aliphatic carbocycles. The van der Waals surface area contributed by atoms with E-state index in [2.05, 4.69) is 20.3 Å². The first kappa shape index (κ1) is 16.8. The standard InChI is InChI=1S/C19H17N5O3/c1-3-27-19(26)16-17(22-12-4-5-13-14(9-12)21-10-20-13)23-15-8-11(2)6-7-24(15)18(16)25/h4-10,22H,3H2,1-2H3,(H,20,21). The lowest BCUT2D eigenvalue weighted by Crippen LogP contribution is -2.26. The number of rotatable bonds is 4. The van der Waals surface area contributed by atoms with E-state index in [1.807, 2.05) is 19.1 Å². The third-order valence-corrected chi connectivity index (χ3v) is 4.15. The van der Waals surface area contributed by atoms with E-state index in [1.54, 1.807) is 37.6 Å². The first-order valence-electron chi connectivity index (χ1n) is 8.47. The van der Waals surface area contributed by atoms with Crippen LogP contribution in [-0.4, -0.2) is 31.9 Å². The maximum atomic E-state index is 12.9. The van der Waals surface area contributed by atoms with Crippen LogP contribution in [0, 0.1) is 6.92 Å². The summed E-state index contributed by atoms with van der Waals surface area (Å²) in [6.07, 6.45) is 3.20. The van der Waals surface area contributed by atoms with Crippen LogP contribution in [0.25, 0.3) is 16.7 Å². The maximum Gasteiger partial charge on any atom is 0.347 e. The Hall–Kier alpha value is -3.68. The molecule has 8 heteroatoms. The number of anilines is 2. The second-order valence-corrected chi connectivity index (χ2v) is 6.05. The predicted octanol–water partition coefficient (Wildman–Crippen LogP) is 2.80. The SMILES string of the molecule is CCOC(=O)c1c(Nc2ccc3nc[nH]c3c2)nc2cc(C)ccn2c1=O. The van der Waals surface area contributed by atoms with Gasteiger partial charge < -0.3 is 15.0 Å². The Morgan fingerprint density at radius 1 is 1.30 bits per heavy atom. The lowest BCUT2D eigenvalue weighted by Gasteiger charge is -2.12. The lowest BCUT2D eigenvalue weighted by atomic mass is 10.2. The highest BCUT2D eigenvalue weighted by Gasteiger charge is 2.21. The first-order chi connectivity index (χ1) is 13.1. The summed E-state index contributed by atoms with van der Waals surface area (Å²) in [6.45, 7) is 3.76. The Bertz CT molecular complexity index is 1230. The van der Waals surface area contributed by atoms with Gasteiger partial charge in [0.2, 0.25) is 0 Å². The van der Waals surface area contributed by atoms with E-state index in [0.29, 0.717) is 11.3 Å². The summed E-state index contributed by atoms with van der Waals surface area (Å²) in [6, 6.07) is 9.02. The van der Waals surface area contributed by atoms with Crippen molar-refractivity contribution in [2.75, 3.05) is 11.9 Å². The second kappa shape index (κ2) is 6.56. The van der Waals surface area contributed by atoms with Crippen molar-refractivity contribution in [2.45, 2.75) is 13.8 Å². The number of aryl methyl sites for hydroxylation is 1. The third kappa shape index (κ3) is 3.01. The van der Waals surface area contributed by atoms with E-state index in [0.717, 1.165) is 16.6 Å². The molecule has 0 amide bonds. The van der Waals surface area contributed by atoms with E-state index < -0.39 is 11.5 Å². The Kier molecular flexibility index (Phi) is 4.08. The summed E-state index contributed by atoms with van der Waals surface area (Å²) < 4.78 is 6.41. The number of aromatic nitrogens is 4. The van der Waals surface area contributed by atoms with Gasteiger partial charge in [-0.1, -0.05) is 0 Å². The fourth-order valence-corrected chi connectivity index (χ4v) is 2.87. The molecule has 0 saturated heterocycles. The number of carbonyl (C=O) groups excluding carboxylic acids is 1. The van der Waals surface area contributed by atoms with Gasteiger partial charge in [0.15, 0.2) is 11.4 Å². The predicted molar refractivity (Wildman–Crippen MR) is 102 cm³/mol. The van der Waals surface area contributed by atoms with Crippen LogP contribution in [0.1, 0.15) is 22.8 Å². The van der Waals surface area contributed by atoms with Gasteiger partial charge in [-0.25, -0.2) is 14.8 Å². The molecule has 3 heterocycles. The van der Waals surface area contributed by atoms with E-state index in [-0.39, 0.29) is 18.0 Å². The number of hydrogen-bond donors (Lipinski definition) is 2. The molecule has 1 aromatic carbocycles. The molecule has 136 valence electrons. The average molecular weight is 363 g/mol. The summed E-state index contributed by atoms with van der Waals surface area (Å²) in [5.74, 6) is -0.557. The fourth-order valence-electron chi connectivity index (χ4n) is 2.87. The second-order valence-electron chi connectivity index (χ2n) is 6.05. The maximum absolute atomic E-state index is 12.9. The molecule has 0 saturated carbocycles. The van der Waals surface area contributed by atoms with Gasteiger partial charge in [-0.05, 0) is 49.7 Å². The van der Waals surface area contributed by atoms with Gasteiger partial charge in [0.25, 0.3) is 5.56 Å². The molecule has 0 aliphatic rings. The molecule has 0 bridgehead atoms. The number of imidazole rings is 1. The molecule has 3 aromatic heterocycles. The summed E-state index contributed by atoms with van der Waals surface area (Å²) in [5.41, 5.74) is 3.08. The van der Waals surface area contributed by atoms with Crippen LogP contribution in [-0.2, 0) is 4.74 Å². The molecule has 0 unspecified atom stereocenters. The van der Waals surface area contributed by atoms with Crippen LogP contribution in [0.3, 0.4) is 0 Å². The van der Waals surface area contributed by atoms with Crippen LogP contribution < -0.4 is 10.9 Å². The number of benzene rings is 1. The van der Waals surface area contributed by atoms with Crippen molar-refractivity contribution in [3.05, 3.63) is 64.3 Å². The molecule has 8 nitrogen and oxygen atoms in total. The van der Waals surface area contributed by atoms with Crippen LogP contribution in [0.2, 0.25) is 0 Å². The summed E-state index contributed by atoms with van der Waals surface area (Å²) in [7, 11) is 0. The zero-order chi connectivity index (χ0) is 19.0. The molecule has 0 fully saturated rings. The van der Waals surface area contributed by atoms with Gasteiger partial charge in [0, 0.05) is 11.9 Å². The monoisotopic (exact) mass is 363 g/mol. The van der Waals surface area contributed by atoms with E-state index in [4.69, 9.17) is 4.74 Å². The molecule has 4 aromatic rings. The molecule has 0 aliphatic heterocycles. The van der Waals surface area contributed by atoms with E-state index in [9.17, 15) is 9.59 Å². The summed E-state index contributed by atoms with van der Waals surface area (Å²) >= 11 is 0. The van der Waals surface area contributed by atoms with Gasteiger partial charge in [-0.3, -0.25) is 9.20 Å². The highest BCUT2D eigenvalue weighted by Crippen LogP contribution is 2.22. The van der Waals surface area contributed by atoms with E-state index in [1.165, 1.54) is 4.40 Å². The van der Waals surface area contributed by atoms with Crippen LogP contribution in [0.4, 0.5) is 11.5 Å². The number of fused-ring (bicyclic) bond motifs is 2. The highest BCUT2D eigenvalue weighted by molar-refractivity contribution is 5.95. The minimum Gasteiger partial charge on any atom is -0.462 e. The Morgan fingerprint density at radius 3 is 2.96 bits per heavy atom. The zero-order valence-corrected chi connectivity index (χ0v) is 14.8. The fraction of sp³-hybridized carbons (Fsp3) is 0.158. The van der Waals surface area contributed by atoms with Crippen molar-refractivity contribution >= 4 is 34.2 Å². The number of aromatic amines is 1. The zero-order valence-electron chi connectivity index (χ0n) is 14.8. The molecule has 27 heavy (non-hydrogen) atoms. The molecule has 4 rings (SSSR count). The number of carbonyl (C=O) groups is 1. The molecule has 0 atom stereocenters. The number of H-pyrrole nitrogens is 1. The molecular weight excluding hydrogens is 346 g/mol. The Morgan fingerprint density at radius 2 is 2.15 bits per heavy atom. The van der Waals surface area contributed by atoms with Crippen molar-refractivity contribution in [3.63, 3.8) is 0 Å². The lowest BCUT2D eigenvalue weighted by molar-refractivity contribution is 0.0525. The van der Waals surface area contributed by atoms with Crippen molar-refractivity contribution in [1.29, 1.82) is 0 Å². The summed E-state index contributed by atoms with van der Waals surface area (Å²) in [4.78, 5) is 37.0. The van der Waals surface area contributed by atoms with Crippen molar-refractivity contribution in [2.24, 2.45) is 0 Å². The molecule has 0 spiro atoms. The largest absolute Gasteiger partial charge is 0.462 e. The number of ether oxygens (including phenoxy) is 1. The van der Waals surface area contributed by atoms with Crippen LogP contribution in [0.15, 0.2) is 47.7 Å². The Balaban J connectivity index is 1.89. The Labute approximate surface area is 153 Å². The normalized spacial score (nSPS) is 11.0. The smallest absolute Gasteiger partial charge is 0.347 e. The van der Waals surface area contributed by atoms with Crippen LogP contribution in [0.5, 0.6) is 0 Å². The van der Waals surface area contributed by atoms with Gasteiger partial charge in [-0.15, -0.1) is 0 Å². The highest BCUT2D eigenvalue weighted by atomic mass is 16.5. The number of nitrogens with zero attached hydrogens (tertiary/aromatic N) is 3. The van der Waals surface area contributed by atoms with Crippen molar-refractivity contribution in [1.82, 2.24) is 19.4 Å². The summed E-state index contributed by atoms with van der Waals surface area (Å²) in [5, 5.41) is 3.07. The number of pyridine rings is 1. The van der Waals surface area contributed by atoms with Crippen LogP contribution >= 0.6 is 0 Å². The van der Waals surface area contributed by atoms with Gasteiger partial charge >= 0.3 is 5.97 Å². The quantitative estimate of drug-likeness (QED) is 0.541. The van der Waals surface area contributed by atoms with E-state index >= 15 is 0 Å². The van der Waals surface area contributed by atoms with Gasteiger partial charge in [0.05, 0.1) is 24.0 Å². The number of nitrogens with one attached hydrogen (secondary N) is 2. The molecule has 0 radical (unpaired) electrons. The minimum absolute atomic E-state index is 0.136. The first-order valence-corrected chi connectivity index (χ1v) is 8.47. The molecular formula is C19H17N5O3. The van der Waals surface area contributed by atoms with Gasteiger partial charge in [-0.2, -0.15) is 0 Å². The van der Waals surface area contributed by atoms with Gasteiger partial charge in [0.1, 0.15) is 5.65 Å². The minimum atomic E-state index is -0.713. The topological polar surface area (TPSA) is 101 Å². The number of esters is 1. The molecule has 2 N–H and O–H groups in total. The number of hydrogen-bond acceptors (Lipinski definition) is 6. The van der Waals surface area contributed by atoms with Crippen molar-refractivity contribution in [3.8, 4) is 0 Å². The third-order valence-electron chi connectivity index (χ3n) is 4.15. The average Bonchev–Trinajstić information content (AvgIpc) is 3.09.